The summed E-state index contributed by atoms with van der Waals surface area (Å²) in [6.45, 7) is 0.660. The second-order valence-electron chi connectivity index (χ2n) is 9.51. The van der Waals surface area contributed by atoms with Gasteiger partial charge in [-0.3, -0.25) is 9.59 Å². The predicted molar refractivity (Wildman–Crippen MR) is 133 cm³/mol. The monoisotopic (exact) mass is 478 g/mol. The van der Waals surface area contributed by atoms with Crippen LogP contribution in [0.4, 0.5) is 4.79 Å². The van der Waals surface area contributed by atoms with E-state index in [-0.39, 0.29) is 36.8 Å². The maximum absolute atomic E-state index is 12.7. The smallest absolute Gasteiger partial charge is 0.407 e. The van der Waals surface area contributed by atoms with E-state index in [0.717, 1.165) is 25.7 Å². The average Bonchev–Trinajstić information content (AvgIpc) is 3.18. The van der Waals surface area contributed by atoms with Crippen LogP contribution in [0.2, 0.25) is 0 Å². The Labute approximate surface area is 206 Å². The number of hydrogen-bond acceptors (Lipinski definition) is 4. The van der Waals surface area contributed by atoms with Gasteiger partial charge in [-0.05, 0) is 53.9 Å². The first-order valence-electron chi connectivity index (χ1n) is 12.6. The molecule has 0 radical (unpaired) electrons. The number of carbonyl (C=O) groups excluding carboxylic acids is 2. The van der Waals surface area contributed by atoms with Crippen LogP contribution in [0, 0.1) is 5.92 Å². The van der Waals surface area contributed by atoms with E-state index in [9.17, 15) is 14.4 Å². The summed E-state index contributed by atoms with van der Waals surface area (Å²) >= 11 is 0. The fourth-order valence-electron chi connectivity index (χ4n) is 5.41. The second-order valence-corrected chi connectivity index (χ2v) is 9.51. The molecule has 2 aliphatic carbocycles. The Kier molecular flexibility index (Phi) is 8.40. The zero-order valence-electron chi connectivity index (χ0n) is 20.0. The molecule has 2 aromatic carbocycles. The molecule has 0 aliphatic heterocycles. The maximum Gasteiger partial charge on any atom is 0.407 e. The number of carbonyl (C=O) groups is 3. The number of ether oxygens (including phenoxy) is 1. The summed E-state index contributed by atoms with van der Waals surface area (Å²) in [5, 5.41) is 14.5. The molecular formula is C28H34N2O5. The van der Waals surface area contributed by atoms with Gasteiger partial charge in [0.2, 0.25) is 5.91 Å². The van der Waals surface area contributed by atoms with E-state index in [2.05, 4.69) is 34.9 Å². The van der Waals surface area contributed by atoms with Crippen LogP contribution in [-0.2, 0) is 14.3 Å². The summed E-state index contributed by atoms with van der Waals surface area (Å²) in [5.41, 5.74) is 4.77. The van der Waals surface area contributed by atoms with Gasteiger partial charge in [-0.15, -0.1) is 0 Å². The summed E-state index contributed by atoms with van der Waals surface area (Å²) in [4.78, 5) is 35.5. The third-order valence-corrected chi connectivity index (χ3v) is 7.19. The fourth-order valence-corrected chi connectivity index (χ4v) is 5.41. The summed E-state index contributed by atoms with van der Waals surface area (Å²) in [7, 11) is 0. The average molecular weight is 479 g/mol. The van der Waals surface area contributed by atoms with E-state index >= 15 is 0 Å². The summed E-state index contributed by atoms with van der Waals surface area (Å²) in [6.07, 6.45) is 5.14. The highest BCUT2D eigenvalue weighted by Crippen LogP contribution is 2.44. The van der Waals surface area contributed by atoms with Crippen molar-refractivity contribution in [1.29, 1.82) is 0 Å². The lowest BCUT2D eigenvalue weighted by molar-refractivity contribution is -0.137. The van der Waals surface area contributed by atoms with Gasteiger partial charge in [-0.1, -0.05) is 61.4 Å². The van der Waals surface area contributed by atoms with E-state index in [4.69, 9.17) is 9.84 Å². The Morgan fingerprint density at radius 3 is 2.26 bits per heavy atom. The standard InChI is InChI=1S/C28H34N2O5/c31-26(29-17-7-14-27(32)33)16-15-19-8-1-6-13-25(19)30-28(34)35-18-24-22-11-4-2-9-20(22)21-10-3-5-12-23(21)24/h2-5,9-12,19,24-25H,1,6-8,13-18H2,(H,29,31)(H,30,34)(H,32,33). The number of fused-ring (bicyclic) bond motifs is 3. The molecule has 7 nitrogen and oxygen atoms in total. The minimum atomic E-state index is -0.858. The van der Waals surface area contributed by atoms with Crippen LogP contribution in [-0.4, -0.2) is 42.3 Å². The van der Waals surface area contributed by atoms with Gasteiger partial charge < -0.3 is 20.5 Å². The van der Waals surface area contributed by atoms with E-state index in [1.54, 1.807) is 0 Å². The molecule has 2 amide bonds. The van der Waals surface area contributed by atoms with Gasteiger partial charge in [0.25, 0.3) is 0 Å². The zero-order valence-corrected chi connectivity index (χ0v) is 20.0. The predicted octanol–water partition coefficient (Wildman–Crippen LogP) is 4.85. The minimum absolute atomic E-state index is 0.000731. The molecule has 0 heterocycles. The van der Waals surface area contributed by atoms with Crippen molar-refractivity contribution in [2.24, 2.45) is 5.92 Å². The van der Waals surface area contributed by atoms with Gasteiger partial charge in [-0.25, -0.2) is 4.79 Å². The Hall–Kier alpha value is -3.35. The third kappa shape index (κ3) is 6.41. The lowest BCUT2D eigenvalue weighted by Gasteiger charge is -2.32. The molecule has 2 aliphatic rings. The van der Waals surface area contributed by atoms with Gasteiger partial charge in [-0.2, -0.15) is 0 Å². The van der Waals surface area contributed by atoms with Crippen LogP contribution < -0.4 is 10.6 Å². The number of carboxylic acid groups (broad SMARTS) is 1. The molecule has 0 spiro atoms. The normalized spacial score (nSPS) is 18.9. The molecule has 2 atom stereocenters. The van der Waals surface area contributed by atoms with E-state index in [1.807, 2.05) is 24.3 Å². The Morgan fingerprint density at radius 2 is 1.57 bits per heavy atom. The van der Waals surface area contributed by atoms with Gasteiger partial charge in [0.15, 0.2) is 0 Å². The van der Waals surface area contributed by atoms with Crippen LogP contribution in [0.5, 0.6) is 0 Å². The van der Waals surface area contributed by atoms with Crippen LogP contribution in [0.15, 0.2) is 48.5 Å². The molecule has 0 saturated heterocycles. The fraction of sp³-hybridized carbons (Fsp3) is 0.464. The molecule has 186 valence electrons. The van der Waals surface area contributed by atoms with E-state index in [0.29, 0.717) is 25.8 Å². The zero-order chi connectivity index (χ0) is 24.6. The number of rotatable bonds is 10. The van der Waals surface area contributed by atoms with Gasteiger partial charge in [0, 0.05) is 31.3 Å². The second kappa shape index (κ2) is 11.9. The molecule has 3 N–H and O–H groups in total. The van der Waals surface area contributed by atoms with Crippen molar-refractivity contribution >= 4 is 18.0 Å². The quantitative estimate of drug-likeness (QED) is 0.424. The Bertz CT molecular complexity index is 1010. The highest BCUT2D eigenvalue weighted by molar-refractivity contribution is 5.79. The van der Waals surface area contributed by atoms with Gasteiger partial charge >= 0.3 is 12.1 Å². The Morgan fingerprint density at radius 1 is 0.914 bits per heavy atom. The first-order valence-corrected chi connectivity index (χ1v) is 12.6. The van der Waals surface area contributed by atoms with Crippen LogP contribution >= 0.6 is 0 Å². The first-order chi connectivity index (χ1) is 17.0. The summed E-state index contributed by atoms with van der Waals surface area (Å²) in [6, 6.07) is 16.5. The number of amides is 2. The molecule has 2 unspecified atom stereocenters. The summed E-state index contributed by atoms with van der Waals surface area (Å²) < 4.78 is 5.72. The van der Waals surface area contributed by atoms with Crippen molar-refractivity contribution in [2.75, 3.05) is 13.2 Å². The molecule has 0 bridgehead atoms. The van der Waals surface area contributed by atoms with E-state index < -0.39 is 12.1 Å². The van der Waals surface area contributed by atoms with Crippen molar-refractivity contribution in [3.05, 3.63) is 59.7 Å². The molecule has 4 rings (SSSR count). The molecule has 0 aromatic heterocycles. The van der Waals surface area contributed by atoms with Crippen molar-refractivity contribution in [3.63, 3.8) is 0 Å². The van der Waals surface area contributed by atoms with Gasteiger partial charge in [0.1, 0.15) is 6.61 Å². The van der Waals surface area contributed by atoms with E-state index in [1.165, 1.54) is 22.3 Å². The summed E-state index contributed by atoms with van der Waals surface area (Å²) in [5.74, 6) is -0.668. The molecular weight excluding hydrogens is 444 g/mol. The number of hydrogen-bond donors (Lipinski definition) is 3. The number of alkyl carbamates (subject to hydrolysis) is 1. The molecule has 2 aromatic rings. The molecule has 1 saturated carbocycles. The molecule has 1 fully saturated rings. The van der Waals surface area contributed by atoms with Crippen molar-refractivity contribution in [3.8, 4) is 11.1 Å². The first kappa shape index (κ1) is 24.8. The van der Waals surface area contributed by atoms with Gasteiger partial charge in [0.05, 0.1) is 0 Å². The maximum atomic E-state index is 12.7. The highest BCUT2D eigenvalue weighted by atomic mass is 16.5. The largest absolute Gasteiger partial charge is 0.481 e. The van der Waals surface area contributed by atoms with Crippen molar-refractivity contribution < 1.29 is 24.2 Å². The SMILES string of the molecule is O=C(O)CCCNC(=O)CCC1CCCCC1NC(=O)OCC1c2ccccc2-c2ccccc21. The lowest BCUT2D eigenvalue weighted by atomic mass is 9.81. The number of benzene rings is 2. The van der Waals surface area contributed by atoms with Crippen LogP contribution in [0.25, 0.3) is 11.1 Å². The molecule has 35 heavy (non-hydrogen) atoms. The van der Waals surface area contributed by atoms with Crippen LogP contribution in [0.3, 0.4) is 0 Å². The minimum Gasteiger partial charge on any atom is -0.481 e. The Balaban J connectivity index is 1.26. The van der Waals surface area contributed by atoms with Crippen molar-refractivity contribution in [2.45, 2.75) is 63.3 Å². The highest BCUT2D eigenvalue weighted by Gasteiger charge is 2.31. The van der Waals surface area contributed by atoms with Crippen molar-refractivity contribution in [1.82, 2.24) is 10.6 Å². The molecule has 7 heteroatoms. The van der Waals surface area contributed by atoms with Crippen LogP contribution in [0.1, 0.15) is 68.4 Å². The number of nitrogens with one attached hydrogen (secondary N) is 2. The number of aliphatic carboxylic acids is 1. The lowest BCUT2D eigenvalue weighted by Crippen LogP contribution is -2.43. The topological polar surface area (TPSA) is 105 Å². The third-order valence-electron chi connectivity index (χ3n) is 7.19. The number of carboxylic acids is 1.